The van der Waals surface area contributed by atoms with Crippen molar-refractivity contribution in [2.45, 2.75) is 6.92 Å². The molecule has 8 nitrogen and oxygen atoms in total. The van der Waals surface area contributed by atoms with Crippen LogP contribution in [0.1, 0.15) is 5.76 Å². The standard InChI is InChI=1S/C10H10N4O4/c1-5-3-7(13-18-5)12-8(15)6-4-11-10(17)14(2)9(6)16/h3-4,6H,1-2H3,(H,12,13,15). The Morgan fingerprint density at radius 1 is 1.50 bits per heavy atom. The lowest BCUT2D eigenvalue weighted by Crippen LogP contribution is -2.45. The molecule has 0 radical (unpaired) electrons. The Hall–Kier alpha value is -2.51. The zero-order chi connectivity index (χ0) is 13.3. The molecular weight excluding hydrogens is 240 g/mol. The molecule has 1 N–H and O–H groups in total. The van der Waals surface area contributed by atoms with Crippen molar-refractivity contribution >= 4 is 29.9 Å². The predicted molar refractivity (Wildman–Crippen MR) is 60.0 cm³/mol. The van der Waals surface area contributed by atoms with Crippen LogP contribution in [0.4, 0.5) is 10.6 Å². The summed E-state index contributed by atoms with van der Waals surface area (Å²) in [7, 11) is 1.27. The molecular formula is C10H10N4O4. The molecule has 2 heterocycles. The molecule has 4 amide bonds. The number of amides is 4. The van der Waals surface area contributed by atoms with Gasteiger partial charge in [0.1, 0.15) is 5.76 Å². The van der Waals surface area contributed by atoms with E-state index < -0.39 is 23.8 Å². The fourth-order valence-electron chi connectivity index (χ4n) is 1.40. The first-order chi connectivity index (χ1) is 8.49. The highest BCUT2D eigenvalue weighted by Crippen LogP contribution is 2.12. The first kappa shape index (κ1) is 12.0. The number of nitrogens with zero attached hydrogens (tertiary/aromatic N) is 3. The molecule has 1 aliphatic rings. The van der Waals surface area contributed by atoms with Gasteiger partial charge in [-0.15, -0.1) is 0 Å². The molecule has 1 aromatic heterocycles. The normalized spacial score (nSPS) is 19.2. The lowest BCUT2D eigenvalue weighted by molar-refractivity contribution is -0.134. The Bertz CT molecular complexity index is 548. The van der Waals surface area contributed by atoms with Crippen molar-refractivity contribution in [3.05, 3.63) is 11.8 Å². The van der Waals surface area contributed by atoms with Crippen molar-refractivity contribution in [3.63, 3.8) is 0 Å². The van der Waals surface area contributed by atoms with Crippen LogP contribution in [-0.2, 0) is 9.59 Å². The summed E-state index contributed by atoms with van der Waals surface area (Å²) >= 11 is 0. The van der Waals surface area contributed by atoms with Crippen molar-refractivity contribution < 1.29 is 18.9 Å². The maximum absolute atomic E-state index is 11.8. The van der Waals surface area contributed by atoms with Gasteiger partial charge in [0.25, 0.3) is 0 Å². The zero-order valence-electron chi connectivity index (χ0n) is 9.71. The van der Waals surface area contributed by atoms with Gasteiger partial charge in [-0.2, -0.15) is 0 Å². The summed E-state index contributed by atoms with van der Waals surface area (Å²) in [4.78, 5) is 38.8. The first-order valence-corrected chi connectivity index (χ1v) is 5.09. The number of hydrogen-bond acceptors (Lipinski definition) is 5. The van der Waals surface area contributed by atoms with E-state index in [9.17, 15) is 14.4 Å². The molecule has 0 bridgehead atoms. The van der Waals surface area contributed by atoms with Crippen LogP contribution >= 0.6 is 0 Å². The zero-order valence-corrected chi connectivity index (χ0v) is 9.71. The molecule has 1 aromatic rings. The second kappa shape index (κ2) is 4.40. The van der Waals surface area contributed by atoms with Gasteiger partial charge in [0, 0.05) is 19.3 Å². The van der Waals surface area contributed by atoms with Gasteiger partial charge in [-0.25, -0.2) is 9.79 Å². The third kappa shape index (κ3) is 2.12. The average molecular weight is 250 g/mol. The molecule has 8 heteroatoms. The largest absolute Gasteiger partial charge is 0.360 e. The maximum Gasteiger partial charge on any atom is 0.349 e. The number of anilines is 1. The van der Waals surface area contributed by atoms with Crippen molar-refractivity contribution in [3.8, 4) is 0 Å². The smallest absolute Gasteiger partial charge is 0.349 e. The number of hydrogen-bond donors (Lipinski definition) is 1. The number of aromatic nitrogens is 1. The van der Waals surface area contributed by atoms with Crippen LogP contribution in [0.2, 0.25) is 0 Å². The van der Waals surface area contributed by atoms with Gasteiger partial charge in [-0.05, 0) is 6.92 Å². The van der Waals surface area contributed by atoms with Gasteiger partial charge in [0.2, 0.25) is 11.8 Å². The van der Waals surface area contributed by atoms with Crippen molar-refractivity contribution in [2.75, 3.05) is 12.4 Å². The topological polar surface area (TPSA) is 105 Å². The highest BCUT2D eigenvalue weighted by molar-refractivity contribution is 6.22. The third-order valence-corrected chi connectivity index (χ3v) is 2.38. The van der Waals surface area contributed by atoms with Gasteiger partial charge in [-0.1, -0.05) is 5.16 Å². The maximum atomic E-state index is 11.8. The van der Waals surface area contributed by atoms with E-state index in [4.69, 9.17) is 4.52 Å². The SMILES string of the molecule is Cc1cc(NC(=O)C2C=NC(=O)N(C)C2=O)no1. The summed E-state index contributed by atoms with van der Waals surface area (Å²) in [6, 6.07) is 0.818. The summed E-state index contributed by atoms with van der Waals surface area (Å²) in [5.41, 5.74) is 0. The monoisotopic (exact) mass is 250 g/mol. The minimum absolute atomic E-state index is 0.207. The summed E-state index contributed by atoms with van der Waals surface area (Å²) in [6.45, 7) is 1.67. The highest BCUT2D eigenvalue weighted by atomic mass is 16.5. The number of nitrogens with one attached hydrogen (secondary N) is 1. The number of carbonyl (C=O) groups excluding carboxylic acids is 3. The van der Waals surface area contributed by atoms with Crippen molar-refractivity contribution in [1.29, 1.82) is 0 Å². The van der Waals surface area contributed by atoms with Gasteiger partial charge in [0.15, 0.2) is 11.7 Å². The number of imide groups is 1. The molecule has 0 saturated carbocycles. The minimum atomic E-state index is -1.13. The first-order valence-electron chi connectivity index (χ1n) is 5.09. The lowest BCUT2D eigenvalue weighted by Gasteiger charge is -2.20. The molecule has 0 fully saturated rings. The molecule has 1 atom stereocenters. The fraction of sp³-hybridized carbons (Fsp3) is 0.300. The van der Waals surface area contributed by atoms with Gasteiger partial charge >= 0.3 is 6.03 Å². The van der Waals surface area contributed by atoms with Gasteiger partial charge in [0.05, 0.1) is 0 Å². The van der Waals surface area contributed by atoms with Crippen molar-refractivity contribution in [2.24, 2.45) is 10.9 Å². The molecule has 18 heavy (non-hydrogen) atoms. The second-order valence-electron chi connectivity index (χ2n) is 3.75. The lowest BCUT2D eigenvalue weighted by atomic mass is 10.1. The van der Waals surface area contributed by atoms with Gasteiger partial charge < -0.3 is 9.84 Å². The Kier molecular flexibility index (Phi) is 2.92. The fourth-order valence-corrected chi connectivity index (χ4v) is 1.40. The predicted octanol–water partition coefficient (Wildman–Crippen LogP) is 0.201. The molecule has 0 spiro atoms. The van der Waals surface area contributed by atoms with E-state index in [-0.39, 0.29) is 5.82 Å². The Morgan fingerprint density at radius 2 is 2.22 bits per heavy atom. The Balaban J connectivity index is 2.12. The summed E-state index contributed by atoms with van der Waals surface area (Å²) in [5.74, 6) is -1.65. The molecule has 0 saturated heterocycles. The quantitative estimate of drug-likeness (QED) is 0.755. The number of aliphatic imine (C=N–C) groups is 1. The van der Waals surface area contributed by atoms with Crippen LogP contribution in [0.15, 0.2) is 15.6 Å². The summed E-state index contributed by atoms with van der Waals surface area (Å²) in [6.07, 6.45) is 1.02. The van der Waals surface area contributed by atoms with E-state index in [0.717, 1.165) is 11.1 Å². The number of urea groups is 1. The van der Waals surface area contributed by atoms with Crippen LogP contribution < -0.4 is 5.32 Å². The molecule has 2 rings (SSSR count). The van der Waals surface area contributed by atoms with E-state index in [2.05, 4.69) is 15.5 Å². The molecule has 94 valence electrons. The van der Waals surface area contributed by atoms with Crippen LogP contribution in [0.3, 0.4) is 0 Å². The van der Waals surface area contributed by atoms with Gasteiger partial charge in [-0.3, -0.25) is 14.5 Å². The van der Waals surface area contributed by atoms with Crippen LogP contribution in [0.25, 0.3) is 0 Å². The number of rotatable bonds is 2. The summed E-state index contributed by atoms with van der Waals surface area (Å²) < 4.78 is 4.77. The Labute approximate surface area is 102 Å². The van der Waals surface area contributed by atoms with Crippen molar-refractivity contribution in [1.82, 2.24) is 10.1 Å². The van der Waals surface area contributed by atoms with Crippen LogP contribution in [0.5, 0.6) is 0 Å². The van der Waals surface area contributed by atoms with E-state index in [1.165, 1.54) is 13.1 Å². The number of carbonyl (C=O) groups is 3. The van der Waals surface area contributed by atoms with E-state index in [0.29, 0.717) is 5.76 Å². The number of aryl methyl sites for hydroxylation is 1. The van der Waals surface area contributed by atoms with E-state index >= 15 is 0 Å². The summed E-state index contributed by atoms with van der Waals surface area (Å²) in [5, 5.41) is 5.97. The van der Waals surface area contributed by atoms with E-state index in [1.54, 1.807) is 6.92 Å². The molecule has 0 aliphatic carbocycles. The van der Waals surface area contributed by atoms with Crippen LogP contribution in [0, 0.1) is 12.8 Å². The average Bonchev–Trinajstić information content (AvgIpc) is 2.71. The molecule has 1 aliphatic heterocycles. The molecule has 1 unspecified atom stereocenters. The second-order valence-corrected chi connectivity index (χ2v) is 3.75. The van der Waals surface area contributed by atoms with Crippen LogP contribution in [-0.4, -0.2) is 41.2 Å². The minimum Gasteiger partial charge on any atom is -0.360 e. The third-order valence-electron chi connectivity index (χ3n) is 2.38. The molecule has 0 aromatic carbocycles. The highest BCUT2D eigenvalue weighted by Gasteiger charge is 2.34. The Morgan fingerprint density at radius 3 is 2.83 bits per heavy atom. The van der Waals surface area contributed by atoms with E-state index in [1.807, 2.05) is 0 Å².